The van der Waals surface area contributed by atoms with Crippen molar-refractivity contribution in [1.82, 2.24) is 4.41 Å². The maximum atomic E-state index is 12.4. The minimum atomic E-state index is -3.63. The maximum absolute atomic E-state index is 12.4. The van der Waals surface area contributed by atoms with Crippen LogP contribution >= 0.6 is 0 Å². The average molecular weight is 437 g/mol. The molecule has 0 radical (unpaired) electrons. The van der Waals surface area contributed by atoms with Gasteiger partial charge in [-0.15, -0.1) is 0 Å². The van der Waals surface area contributed by atoms with Crippen LogP contribution in [0.4, 0.5) is 5.69 Å². The monoisotopic (exact) mass is 437 g/mol. The van der Waals surface area contributed by atoms with E-state index in [2.05, 4.69) is 9.82 Å². The molecule has 154 valence electrons. The molecule has 29 heavy (non-hydrogen) atoms. The third-order valence-electron chi connectivity index (χ3n) is 4.49. The number of benzene rings is 2. The lowest BCUT2D eigenvalue weighted by Crippen LogP contribution is -2.25. The predicted octanol–water partition coefficient (Wildman–Crippen LogP) is 1.90. The number of hydrazone groups is 1. The Morgan fingerprint density at radius 3 is 2.52 bits per heavy atom. The van der Waals surface area contributed by atoms with Gasteiger partial charge in [0.05, 0.1) is 24.3 Å². The van der Waals surface area contributed by atoms with Gasteiger partial charge in [0.1, 0.15) is 0 Å². The van der Waals surface area contributed by atoms with E-state index in [1.54, 1.807) is 42.5 Å². The van der Waals surface area contributed by atoms with Gasteiger partial charge < -0.3 is 9.47 Å². The van der Waals surface area contributed by atoms with Crippen molar-refractivity contribution >= 4 is 31.4 Å². The summed E-state index contributed by atoms with van der Waals surface area (Å²) in [6.45, 7) is 0.126. The number of anilines is 1. The quantitative estimate of drug-likeness (QED) is 0.764. The van der Waals surface area contributed by atoms with Crippen LogP contribution < -0.4 is 14.2 Å². The van der Waals surface area contributed by atoms with Crippen molar-refractivity contribution in [2.24, 2.45) is 5.10 Å². The Labute approximate surface area is 169 Å². The molecule has 1 atom stereocenters. The van der Waals surface area contributed by atoms with E-state index in [0.29, 0.717) is 34.9 Å². The fourth-order valence-corrected chi connectivity index (χ4v) is 4.77. The molecule has 0 spiro atoms. The summed E-state index contributed by atoms with van der Waals surface area (Å²) < 4.78 is 61.9. The molecule has 2 heterocycles. The van der Waals surface area contributed by atoms with Crippen LogP contribution in [0, 0.1) is 0 Å². The Hall–Kier alpha value is -2.79. The predicted molar refractivity (Wildman–Crippen MR) is 108 cm³/mol. The second-order valence-corrected chi connectivity index (χ2v) is 10.5. The molecule has 0 aromatic heterocycles. The standard InChI is InChI=1S/C18H19N3O6S2/c1-28(22,23)20-14-5-3-4-12(8-14)15-10-16(21(19-15)29(2,24)25)13-6-7-17-18(9-13)27-11-26-17/h3-9,16,20H,10-11H2,1-2H3/t16-/m1/s1. The van der Waals surface area contributed by atoms with E-state index in [9.17, 15) is 16.8 Å². The van der Waals surface area contributed by atoms with Crippen LogP contribution in [-0.4, -0.2) is 46.3 Å². The van der Waals surface area contributed by atoms with Gasteiger partial charge in [-0.25, -0.2) is 16.8 Å². The molecule has 0 unspecified atom stereocenters. The van der Waals surface area contributed by atoms with Crippen molar-refractivity contribution in [2.45, 2.75) is 12.5 Å². The summed E-state index contributed by atoms with van der Waals surface area (Å²) in [7, 11) is -7.06. The van der Waals surface area contributed by atoms with Gasteiger partial charge in [0, 0.05) is 12.1 Å². The zero-order chi connectivity index (χ0) is 20.8. The Balaban J connectivity index is 1.69. The fourth-order valence-electron chi connectivity index (χ4n) is 3.31. The Kier molecular flexibility index (Phi) is 4.66. The van der Waals surface area contributed by atoms with Crippen LogP contribution in [0.15, 0.2) is 47.6 Å². The van der Waals surface area contributed by atoms with Gasteiger partial charge in [-0.2, -0.15) is 9.52 Å². The van der Waals surface area contributed by atoms with E-state index < -0.39 is 26.1 Å². The van der Waals surface area contributed by atoms with Gasteiger partial charge in [-0.1, -0.05) is 18.2 Å². The van der Waals surface area contributed by atoms with Crippen LogP contribution in [0.3, 0.4) is 0 Å². The van der Waals surface area contributed by atoms with Crippen LogP contribution in [0.2, 0.25) is 0 Å². The van der Waals surface area contributed by atoms with E-state index in [-0.39, 0.29) is 6.79 Å². The van der Waals surface area contributed by atoms with Crippen molar-refractivity contribution in [2.75, 3.05) is 24.0 Å². The first-order valence-corrected chi connectivity index (χ1v) is 12.4. The second kappa shape index (κ2) is 6.92. The summed E-state index contributed by atoms with van der Waals surface area (Å²) in [6, 6.07) is 11.4. The molecule has 0 aliphatic carbocycles. The number of sulfonamides is 2. The molecule has 0 fully saturated rings. The molecule has 9 nitrogen and oxygen atoms in total. The second-order valence-electron chi connectivity index (χ2n) is 6.87. The normalized spacial score (nSPS) is 18.6. The smallest absolute Gasteiger partial charge is 0.247 e. The van der Waals surface area contributed by atoms with Crippen LogP contribution in [0.25, 0.3) is 0 Å². The lowest BCUT2D eigenvalue weighted by molar-refractivity contribution is 0.174. The highest BCUT2D eigenvalue weighted by molar-refractivity contribution is 7.92. The molecule has 2 aliphatic heterocycles. The third kappa shape index (κ3) is 4.15. The molecule has 0 amide bonds. The summed E-state index contributed by atoms with van der Waals surface area (Å²) in [6.07, 6.45) is 2.49. The highest BCUT2D eigenvalue weighted by atomic mass is 32.2. The van der Waals surface area contributed by atoms with Crippen LogP contribution in [0.5, 0.6) is 11.5 Å². The van der Waals surface area contributed by atoms with E-state index in [1.807, 2.05) is 0 Å². The SMILES string of the molecule is CS(=O)(=O)Nc1cccc(C2=NN(S(C)(=O)=O)[C@@H](c3ccc4c(c3)OCO4)C2)c1. The van der Waals surface area contributed by atoms with Gasteiger partial charge >= 0.3 is 0 Å². The number of ether oxygens (including phenoxy) is 2. The maximum Gasteiger partial charge on any atom is 0.247 e. The molecule has 2 aromatic rings. The average Bonchev–Trinajstić information content (AvgIpc) is 3.26. The topological polar surface area (TPSA) is 114 Å². The largest absolute Gasteiger partial charge is 0.454 e. The lowest BCUT2D eigenvalue weighted by Gasteiger charge is -2.21. The van der Waals surface area contributed by atoms with E-state index in [1.165, 1.54) is 0 Å². The highest BCUT2D eigenvalue weighted by Gasteiger charge is 2.35. The van der Waals surface area contributed by atoms with Gasteiger partial charge in [-0.3, -0.25) is 4.72 Å². The molecule has 4 rings (SSSR count). The molecule has 2 aromatic carbocycles. The first kappa shape index (κ1) is 19.5. The summed E-state index contributed by atoms with van der Waals surface area (Å²) in [5.41, 5.74) is 2.28. The molecule has 2 aliphatic rings. The summed E-state index contributed by atoms with van der Waals surface area (Å²) in [4.78, 5) is 0. The summed E-state index contributed by atoms with van der Waals surface area (Å²) >= 11 is 0. The van der Waals surface area contributed by atoms with Crippen molar-refractivity contribution in [1.29, 1.82) is 0 Å². The summed E-state index contributed by atoms with van der Waals surface area (Å²) in [5.74, 6) is 1.17. The first-order chi connectivity index (χ1) is 13.6. The summed E-state index contributed by atoms with van der Waals surface area (Å²) in [5, 5.41) is 4.33. The number of fused-ring (bicyclic) bond motifs is 1. The molecular formula is C18H19N3O6S2. The van der Waals surface area contributed by atoms with Gasteiger partial charge in [-0.05, 0) is 35.4 Å². The highest BCUT2D eigenvalue weighted by Crippen LogP contribution is 2.40. The fraction of sp³-hybridized carbons (Fsp3) is 0.278. The van der Waals surface area contributed by atoms with Crippen LogP contribution in [0.1, 0.15) is 23.6 Å². The third-order valence-corrected chi connectivity index (χ3v) is 6.12. The van der Waals surface area contributed by atoms with Gasteiger partial charge in [0.15, 0.2) is 11.5 Å². The van der Waals surface area contributed by atoms with Crippen molar-refractivity contribution in [3.63, 3.8) is 0 Å². The molecule has 1 N–H and O–H groups in total. The van der Waals surface area contributed by atoms with E-state index in [4.69, 9.17) is 9.47 Å². The molecule has 11 heteroatoms. The number of hydrogen-bond donors (Lipinski definition) is 1. The zero-order valence-electron chi connectivity index (χ0n) is 15.7. The number of nitrogens with zero attached hydrogens (tertiary/aromatic N) is 2. The molecule has 0 saturated carbocycles. The Morgan fingerprint density at radius 2 is 1.79 bits per heavy atom. The van der Waals surface area contributed by atoms with Gasteiger partial charge in [0.2, 0.25) is 26.8 Å². The molecule has 0 bridgehead atoms. The molecular weight excluding hydrogens is 418 g/mol. The first-order valence-electron chi connectivity index (χ1n) is 8.65. The number of rotatable bonds is 5. The van der Waals surface area contributed by atoms with E-state index >= 15 is 0 Å². The van der Waals surface area contributed by atoms with Crippen molar-refractivity contribution in [3.05, 3.63) is 53.6 Å². The Morgan fingerprint density at radius 1 is 1.03 bits per heavy atom. The number of nitrogens with one attached hydrogen (secondary N) is 1. The van der Waals surface area contributed by atoms with Crippen LogP contribution in [-0.2, 0) is 20.0 Å². The van der Waals surface area contributed by atoms with Gasteiger partial charge in [0.25, 0.3) is 0 Å². The van der Waals surface area contributed by atoms with Crippen molar-refractivity contribution in [3.8, 4) is 11.5 Å². The minimum Gasteiger partial charge on any atom is -0.454 e. The lowest BCUT2D eigenvalue weighted by atomic mass is 9.98. The Bertz CT molecular complexity index is 1210. The minimum absolute atomic E-state index is 0.126. The van der Waals surface area contributed by atoms with E-state index in [0.717, 1.165) is 22.5 Å². The zero-order valence-corrected chi connectivity index (χ0v) is 17.3. The van der Waals surface area contributed by atoms with Crippen molar-refractivity contribution < 1.29 is 26.3 Å². The number of hydrogen-bond acceptors (Lipinski definition) is 7. The molecule has 0 saturated heterocycles.